The van der Waals surface area contributed by atoms with Crippen molar-refractivity contribution in [2.45, 2.75) is 12.9 Å². The van der Waals surface area contributed by atoms with Crippen LogP contribution in [0.5, 0.6) is 5.75 Å². The molecule has 0 aliphatic rings. The van der Waals surface area contributed by atoms with Crippen molar-refractivity contribution in [3.8, 4) is 5.75 Å². The number of esters is 1. The largest absolute Gasteiger partial charge is 0.573 e. The zero-order chi connectivity index (χ0) is 18.4. The van der Waals surface area contributed by atoms with Crippen molar-refractivity contribution in [3.63, 3.8) is 0 Å². The van der Waals surface area contributed by atoms with Crippen LogP contribution in [0.1, 0.15) is 26.4 Å². The van der Waals surface area contributed by atoms with Gasteiger partial charge in [-0.15, -0.1) is 13.2 Å². The molecule has 0 radical (unpaired) electrons. The van der Waals surface area contributed by atoms with E-state index in [0.29, 0.717) is 5.69 Å². The van der Waals surface area contributed by atoms with Crippen LogP contribution in [0, 0.1) is 0 Å². The van der Waals surface area contributed by atoms with Gasteiger partial charge in [0, 0.05) is 6.20 Å². The number of carbonyl (C=O) groups excluding carboxylic acids is 2. The van der Waals surface area contributed by atoms with E-state index in [9.17, 15) is 22.8 Å². The van der Waals surface area contributed by atoms with Gasteiger partial charge in [0.05, 0.1) is 30.5 Å². The van der Waals surface area contributed by atoms with Crippen molar-refractivity contribution in [3.05, 3.63) is 59.4 Å². The first-order valence-electron chi connectivity index (χ1n) is 6.96. The number of aromatic nitrogens is 1. The molecule has 9 heteroatoms. The monoisotopic (exact) mass is 354 g/mol. The van der Waals surface area contributed by atoms with E-state index < -0.39 is 29.6 Å². The Morgan fingerprint density at radius 2 is 1.96 bits per heavy atom. The van der Waals surface area contributed by atoms with E-state index in [0.717, 1.165) is 25.3 Å². The Balaban J connectivity index is 2.27. The lowest BCUT2D eigenvalue weighted by Gasteiger charge is -2.14. The van der Waals surface area contributed by atoms with Gasteiger partial charge in [0.1, 0.15) is 5.75 Å². The molecule has 1 amide bonds. The number of ether oxygens (including phenoxy) is 2. The number of amides is 1. The third-order valence-corrected chi connectivity index (χ3v) is 3.03. The maximum absolute atomic E-state index is 12.5. The highest BCUT2D eigenvalue weighted by Crippen LogP contribution is 2.27. The lowest BCUT2D eigenvalue weighted by atomic mass is 10.1. The summed E-state index contributed by atoms with van der Waals surface area (Å²) in [5.41, 5.74) is -0.0190. The lowest BCUT2D eigenvalue weighted by molar-refractivity contribution is -0.274. The Labute approximate surface area is 140 Å². The van der Waals surface area contributed by atoms with Crippen LogP contribution in [-0.2, 0) is 11.3 Å². The van der Waals surface area contributed by atoms with Gasteiger partial charge in [-0.3, -0.25) is 9.78 Å². The number of nitrogens with zero attached hydrogens (tertiary/aromatic N) is 1. The number of nitrogens with one attached hydrogen (secondary N) is 1. The van der Waals surface area contributed by atoms with Gasteiger partial charge < -0.3 is 14.8 Å². The quantitative estimate of drug-likeness (QED) is 0.836. The fraction of sp³-hybridized carbons (Fsp3) is 0.188. The molecular weight excluding hydrogens is 341 g/mol. The van der Waals surface area contributed by atoms with Crippen LogP contribution in [0.15, 0.2) is 42.6 Å². The smallest absolute Gasteiger partial charge is 0.465 e. The van der Waals surface area contributed by atoms with E-state index in [1.807, 2.05) is 0 Å². The summed E-state index contributed by atoms with van der Waals surface area (Å²) in [5, 5.41) is 2.42. The minimum absolute atomic E-state index is 0.00637. The van der Waals surface area contributed by atoms with Gasteiger partial charge in [0.2, 0.25) is 0 Å². The summed E-state index contributed by atoms with van der Waals surface area (Å²) >= 11 is 0. The molecule has 2 rings (SSSR count). The summed E-state index contributed by atoms with van der Waals surface area (Å²) in [6.07, 6.45) is -3.47. The Morgan fingerprint density at radius 3 is 2.56 bits per heavy atom. The summed E-state index contributed by atoms with van der Waals surface area (Å²) in [5.74, 6) is -2.37. The van der Waals surface area contributed by atoms with E-state index in [-0.39, 0.29) is 12.1 Å². The van der Waals surface area contributed by atoms with Gasteiger partial charge in [0.25, 0.3) is 5.91 Å². The summed E-state index contributed by atoms with van der Waals surface area (Å²) in [7, 11) is 1.11. The molecule has 1 heterocycles. The fourth-order valence-corrected chi connectivity index (χ4v) is 1.93. The topological polar surface area (TPSA) is 77.5 Å². The molecular formula is C16H13F3N2O4. The summed E-state index contributed by atoms with van der Waals surface area (Å²) in [6.45, 7) is -0.00637. The number of rotatable bonds is 5. The second-order valence-corrected chi connectivity index (χ2v) is 4.75. The van der Waals surface area contributed by atoms with Crippen molar-refractivity contribution in [2.24, 2.45) is 0 Å². The van der Waals surface area contributed by atoms with Gasteiger partial charge in [0.15, 0.2) is 0 Å². The Kier molecular flexibility index (Phi) is 5.58. The SMILES string of the molecule is COC(=O)c1ccc(OC(F)(F)F)c(C(=O)NCc2ccccn2)c1. The second-order valence-electron chi connectivity index (χ2n) is 4.75. The van der Waals surface area contributed by atoms with Gasteiger partial charge in [-0.05, 0) is 30.3 Å². The molecule has 1 aromatic carbocycles. The lowest BCUT2D eigenvalue weighted by Crippen LogP contribution is -2.26. The molecule has 1 N–H and O–H groups in total. The van der Waals surface area contributed by atoms with E-state index in [2.05, 4.69) is 19.8 Å². The fourth-order valence-electron chi connectivity index (χ4n) is 1.93. The Hall–Kier alpha value is -3.10. The van der Waals surface area contributed by atoms with Crippen molar-refractivity contribution in [1.29, 1.82) is 0 Å². The maximum atomic E-state index is 12.5. The average molecular weight is 354 g/mol. The molecule has 0 spiro atoms. The summed E-state index contributed by atoms with van der Waals surface area (Å²) in [6, 6.07) is 7.95. The molecule has 132 valence electrons. The first-order chi connectivity index (χ1) is 11.8. The molecule has 0 unspecified atom stereocenters. The molecule has 0 atom stereocenters. The number of benzene rings is 1. The van der Waals surface area contributed by atoms with Crippen LogP contribution < -0.4 is 10.1 Å². The molecule has 0 aliphatic carbocycles. The van der Waals surface area contributed by atoms with Crippen LogP contribution in [0.25, 0.3) is 0 Å². The molecule has 1 aromatic heterocycles. The van der Waals surface area contributed by atoms with E-state index in [1.165, 1.54) is 6.20 Å². The second kappa shape index (κ2) is 7.65. The van der Waals surface area contributed by atoms with E-state index in [4.69, 9.17) is 0 Å². The predicted octanol–water partition coefficient (Wildman–Crippen LogP) is 2.70. The molecule has 0 fully saturated rings. The number of hydrogen-bond acceptors (Lipinski definition) is 5. The highest BCUT2D eigenvalue weighted by atomic mass is 19.4. The normalized spacial score (nSPS) is 10.9. The van der Waals surface area contributed by atoms with Gasteiger partial charge in [-0.1, -0.05) is 6.07 Å². The summed E-state index contributed by atoms with van der Waals surface area (Å²) in [4.78, 5) is 27.8. The molecule has 2 aromatic rings. The minimum Gasteiger partial charge on any atom is -0.465 e. The van der Waals surface area contributed by atoms with Gasteiger partial charge >= 0.3 is 12.3 Å². The first-order valence-corrected chi connectivity index (χ1v) is 6.96. The number of alkyl halides is 3. The number of carbonyl (C=O) groups is 2. The maximum Gasteiger partial charge on any atom is 0.573 e. The summed E-state index contributed by atoms with van der Waals surface area (Å²) < 4.78 is 45.9. The van der Waals surface area contributed by atoms with Crippen LogP contribution in [-0.4, -0.2) is 30.3 Å². The van der Waals surface area contributed by atoms with Crippen LogP contribution in [0.3, 0.4) is 0 Å². The zero-order valence-corrected chi connectivity index (χ0v) is 13.0. The molecule has 25 heavy (non-hydrogen) atoms. The number of halogens is 3. The number of methoxy groups -OCH3 is 1. The van der Waals surface area contributed by atoms with E-state index >= 15 is 0 Å². The van der Waals surface area contributed by atoms with Gasteiger partial charge in [-0.2, -0.15) is 0 Å². The zero-order valence-electron chi connectivity index (χ0n) is 13.0. The molecule has 0 saturated heterocycles. The Morgan fingerprint density at radius 1 is 1.20 bits per heavy atom. The highest BCUT2D eigenvalue weighted by molar-refractivity contribution is 6.00. The van der Waals surface area contributed by atoms with Crippen molar-refractivity contribution in [1.82, 2.24) is 10.3 Å². The highest BCUT2D eigenvalue weighted by Gasteiger charge is 2.33. The van der Waals surface area contributed by atoms with Crippen LogP contribution >= 0.6 is 0 Å². The molecule has 0 saturated carbocycles. The molecule has 6 nitrogen and oxygen atoms in total. The predicted molar refractivity (Wildman–Crippen MR) is 79.9 cm³/mol. The third kappa shape index (κ3) is 5.20. The third-order valence-electron chi connectivity index (χ3n) is 3.03. The first kappa shape index (κ1) is 18.2. The molecule has 0 bridgehead atoms. The van der Waals surface area contributed by atoms with E-state index in [1.54, 1.807) is 18.2 Å². The minimum atomic E-state index is -4.98. The van der Waals surface area contributed by atoms with Crippen molar-refractivity contribution >= 4 is 11.9 Å². The standard InChI is InChI=1S/C16H13F3N2O4/c1-24-15(23)10-5-6-13(25-16(17,18)19)12(8-10)14(22)21-9-11-4-2-3-7-20-11/h2-8H,9H2,1H3,(H,21,22). The van der Waals surface area contributed by atoms with Gasteiger partial charge in [-0.25, -0.2) is 4.79 Å². The van der Waals surface area contributed by atoms with Crippen LogP contribution in [0.4, 0.5) is 13.2 Å². The number of hydrogen-bond donors (Lipinski definition) is 1. The van der Waals surface area contributed by atoms with Crippen molar-refractivity contribution < 1.29 is 32.2 Å². The van der Waals surface area contributed by atoms with Crippen LogP contribution in [0.2, 0.25) is 0 Å². The number of pyridine rings is 1. The Bertz CT molecular complexity index is 764. The molecule has 0 aliphatic heterocycles. The average Bonchev–Trinajstić information content (AvgIpc) is 2.59. The van der Waals surface area contributed by atoms with Crippen molar-refractivity contribution in [2.75, 3.05) is 7.11 Å².